The van der Waals surface area contributed by atoms with Gasteiger partial charge in [0.25, 0.3) is 5.91 Å². The van der Waals surface area contributed by atoms with E-state index < -0.39 is 5.82 Å². The number of rotatable bonds is 1. The summed E-state index contributed by atoms with van der Waals surface area (Å²) in [5.74, 6) is -0.138. The summed E-state index contributed by atoms with van der Waals surface area (Å²) in [6.07, 6.45) is 0.956. The van der Waals surface area contributed by atoms with Crippen LogP contribution in [0.25, 0.3) is 0 Å². The van der Waals surface area contributed by atoms with Crippen LogP contribution >= 0.6 is 27.5 Å². The molecule has 2 rings (SSSR count). The maximum Gasteiger partial charge on any atom is 0.253 e. The Morgan fingerprint density at radius 2 is 2.28 bits per heavy atom. The van der Waals surface area contributed by atoms with Gasteiger partial charge in [-0.25, -0.2) is 4.39 Å². The van der Waals surface area contributed by atoms with Gasteiger partial charge in [0, 0.05) is 23.5 Å². The van der Waals surface area contributed by atoms with Crippen LogP contribution in [0.4, 0.5) is 4.39 Å². The van der Waals surface area contributed by atoms with Gasteiger partial charge in [0.15, 0.2) is 0 Å². The SMILES string of the molecule is CC1CCN(C(=O)c2ccc(Cl)c(F)c2)CC1Br. The average molecular weight is 335 g/mol. The Kier molecular flexibility index (Phi) is 4.28. The Morgan fingerprint density at radius 1 is 1.56 bits per heavy atom. The monoisotopic (exact) mass is 333 g/mol. The zero-order chi connectivity index (χ0) is 13.3. The number of likely N-dealkylation sites (tertiary alicyclic amines) is 1. The van der Waals surface area contributed by atoms with Gasteiger partial charge in [0.1, 0.15) is 5.82 Å². The molecule has 98 valence electrons. The van der Waals surface area contributed by atoms with Crippen molar-refractivity contribution in [3.63, 3.8) is 0 Å². The molecule has 0 aliphatic carbocycles. The fourth-order valence-corrected chi connectivity index (χ4v) is 2.75. The number of nitrogens with zero attached hydrogens (tertiary/aromatic N) is 1. The van der Waals surface area contributed by atoms with E-state index in [4.69, 9.17) is 11.6 Å². The van der Waals surface area contributed by atoms with Crippen molar-refractivity contribution in [2.45, 2.75) is 18.2 Å². The number of hydrogen-bond donors (Lipinski definition) is 0. The van der Waals surface area contributed by atoms with Crippen molar-refractivity contribution < 1.29 is 9.18 Å². The summed E-state index contributed by atoms with van der Waals surface area (Å²) in [6.45, 7) is 3.53. The highest BCUT2D eigenvalue weighted by Crippen LogP contribution is 2.25. The lowest BCUT2D eigenvalue weighted by Gasteiger charge is -2.34. The highest BCUT2D eigenvalue weighted by Gasteiger charge is 2.27. The molecule has 18 heavy (non-hydrogen) atoms. The van der Waals surface area contributed by atoms with E-state index in [0.717, 1.165) is 6.42 Å². The number of alkyl halides is 1. The van der Waals surface area contributed by atoms with Crippen molar-refractivity contribution in [1.29, 1.82) is 0 Å². The zero-order valence-electron chi connectivity index (χ0n) is 10.00. The highest BCUT2D eigenvalue weighted by molar-refractivity contribution is 9.09. The van der Waals surface area contributed by atoms with Crippen molar-refractivity contribution >= 4 is 33.4 Å². The number of amides is 1. The van der Waals surface area contributed by atoms with Crippen molar-refractivity contribution in [3.05, 3.63) is 34.6 Å². The van der Waals surface area contributed by atoms with Crippen molar-refractivity contribution in [3.8, 4) is 0 Å². The van der Waals surface area contributed by atoms with E-state index >= 15 is 0 Å². The van der Waals surface area contributed by atoms with Crippen molar-refractivity contribution in [1.82, 2.24) is 4.90 Å². The highest BCUT2D eigenvalue weighted by atomic mass is 79.9. The minimum absolute atomic E-state index is 0.0391. The summed E-state index contributed by atoms with van der Waals surface area (Å²) in [4.78, 5) is 14.3. The van der Waals surface area contributed by atoms with Crippen LogP contribution in [0, 0.1) is 11.7 Å². The van der Waals surface area contributed by atoms with Gasteiger partial charge < -0.3 is 4.90 Å². The van der Waals surface area contributed by atoms with Crippen LogP contribution in [0.15, 0.2) is 18.2 Å². The summed E-state index contributed by atoms with van der Waals surface area (Å²) < 4.78 is 13.3. The Balaban J connectivity index is 2.14. The van der Waals surface area contributed by atoms with Gasteiger partial charge in [-0.3, -0.25) is 4.79 Å². The maximum absolute atomic E-state index is 13.3. The third-order valence-electron chi connectivity index (χ3n) is 3.32. The summed E-state index contributed by atoms with van der Waals surface area (Å²) in [7, 11) is 0. The lowest BCUT2D eigenvalue weighted by molar-refractivity contribution is 0.0705. The molecule has 1 amide bonds. The number of benzene rings is 1. The van der Waals surface area contributed by atoms with Gasteiger partial charge in [0.2, 0.25) is 0 Å². The third kappa shape index (κ3) is 2.86. The molecule has 2 atom stereocenters. The number of carbonyl (C=O) groups is 1. The van der Waals surface area contributed by atoms with Gasteiger partial charge in [-0.05, 0) is 30.5 Å². The molecule has 2 unspecified atom stereocenters. The van der Waals surface area contributed by atoms with Crippen molar-refractivity contribution in [2.75, 3.05) is 13.1 Å². The summed E-state index contributed by atoms with van der Waals surface area (Å²) in [6, 6.07) is 4.18. The van der Waals surface area contributed by atoms with E-state index in [0.29, 0.717) is 29.4 Å². The normalized spacial score (nSPS) is 24.1. The van der Waals surface area contributed by atoms with Gasteiger partial charge in [-0.2, -0.15) is 0 Å². The van der Waals surface area contributed by atoms with E-state index in [1.807, 2.05) is 0 Å². The van der Waals surface area contributed by atoms with Crippen LogP contribution in [-0.2, 0) is 0 Å². The van der Waals surface area contributed by atoms with Crippen LogP contribution in [0.5, 0.6) is 0 Å². The van der Waals surface area contributed by atoms with Crippen molar-refractivity contribution in [2.24, 2.45) is 5.92 Å². The quantitative estimate of drug-likeness (QED) is 0.717. The van der Waals surface area contributed by atoms with Crippen LogP contribution in [0.3, 0.4) is 0 Å². The second kappa shape index (κ2) is 5.57. The molecule has 1 aliphatic rings. The molecule has 1 heterocycles. The number of halogens is 3. The van der Waals surface area contributed by atoms with E-state index in [1.165, 1.54) is 12.1 Å². The first-order valence-electron chi connectivity index (χ1n) is 5.87. The summed E-state index contributed by atoms with van der Waals surface area (Å²) >= 11 is 9.18. The molecular weight excluding hydrogens is 321 g/mol. The molecule has 0 radical (unpaired) electrons. The maximum atomic E-state index is 13.3. The van der Waals surface area contributed by atoms with Crippen LogP contribution < -0.4 is 0 Å². The Labute approximate surface area is 119 Å². The van der Waals surface area contributed by atoms with Gasteiger partial charge in [-0.15, -0.1) is 0 Å². The molecule has 5 heteroatoms. The van der Waals surface area contributed by atoms with Crippen LogP contribution in [-0.4, -0.2) is 28.7 Å². The Bertz CT molecular complexity index is 468. The second-order valence-corrected chi connectivity index (χ2v) is 6.25. The molecule has 1 aliphatic heterocycles. The summed E-state index contributed by atoms with van der Waals surface area (Å²) in [5.41, 5.74) is 0.353. The lowest BCUT2D eigenvalue weighted by atomic mass is 9.98. The van der Waals surface area contributed by atoms with E-state index in [-0.39, 0.29) is 10.9 Å². The van der Waals surface area contributed by atoms with Crippen LogP contribution in [0.1, 0.15) is 23.7 Å². The van der Waals surface area contributed by atoms with Gasteiger partial charge in [0.05, 0.1) is 5.02 Å². The van der Waals surface area contributed by atoms with Gasteiger partial charge >= 0.3 is 0 Å². The molecular formula is C13H14BrClFNO. The molecule has 0 aromatic heterocycles. The number of piperidine rings is 1. The first kappa shape index (κ1) is 13.8. The van der Waals surface area contributed by atoms with E-state index in [9.17, 15) is 9.18 Å². The van der Waals surface area contributed by atoms with E-state index in [1.54, 1.807) is 11.0 Å². The Morgan fingerprint density at radius 3 is 2.89 bits per heavy atom. The standard InChI is InChI=1S/C13H14BrClFNO/c1-8-4-5-17(7-10(8)14)13(18)9-2-3-11(15)12(16)6-9/h2-3,6,8,10H,4-5,7H2,1H3. The van der Waals surface area contributed by atoms with E-state index in [2.05, 4.69) is 22.9 Å². The molecule has 0 saturated carbocycles. The minimum atomic E-state index is -0.553. The smallest absolute Gasteiger partial charge is 0.253 e. The number of carbonyl (C=O) groups excluding carboxylic acids is 1. The third-order valence-corrected chi connectivity index (χ3v) is 4.82. The zero-order valence-corrected chi connectivity index (χ0v) is 12.3. The fourth-order valence-electron chi connectivity index (χ4n) is 2.02. The Hall–Kier alpha value is -0.610. The van der Waals surface area contributed by atoms with Gasteiger partial charge in [-0.1, -0.05) is 34.5 Å². The molecule has 1 saturated heterocycles. The second-order valence-electron chi connectivity index (χ2n) is 4.66. The number of hydrogen-bond acceptors (Lipinski definition) is 1. The predicted octanol–water partition coefficient (Wildman–Crippen LogP) is 3.72. The lowest BCUT2D eigenvalue weighted by Crippen LogP contribution is -2.43. The largest absolute Gasteiger partial charge is 0.338 e. The fraction of sp³-hybridized carbons (Fsp3) is 0.462. The molecule has 1 aromatic carbocycles. The molecule has 1 aromatic rings. The molecule has 0 N–H and O–H groups in total. The first-order chi connectivity index (χ1) is 8.49. The first-order valence-corrected chi connectivity index (χ1v) is 7.17. The average Bonchev–Trinajstić information content (AvgIpc) is 2.35. The summed E-state index contributed by atoms with van der Waals surface area (Å²) in [5, 5.41) is 0.0391. The minimum Gasteiger partial charge on any atom is -0.338 e. The molecule has 0 spiro atoms. The molecule has 0 bridgehead atoms. The topological polar surface area (TPSA) is 20.3 Å². The predicted molar refractivity (Wildman–Crippen MR) is 73.8 cm³/mol. The molecule has 1 fully saturated rings. The van der Waals surface area contributed by atoms with Crippen LogP contribution in [0.2, 0.25) is 5.02 Å². The molecule has 2 nitrogen and oxygen atoms in total.